The Morgan fingerprint density at radius 2 is 2.04 bits per heavy atom. The number of imidazole rings is 1. The molecule has 0 N–H and O–H groups in total. The summed E-state index contributed by atoms with van der Waals surface area (Å²) in [6.45, 7) is 13.2. The van der Waals surface area contributed by atoms with E-state index >= 15 is 0 Å². The van der Waals surface area contributed by atoms with E-state index in [0.717, 1.165) is 45.0 Å². The number of nitrogens with zero attached hydrogens (tertiary/aromatic N) is 4. The van der Waals surface area contributed by atoms with Crippen LogP contribution in [-0.4, -0.2) is 51.4 Å². The van der Waals surface area contributed by atoms with Gasteiger partial charge in [-0.15, -0.1) is 0 Å². The van der Waals surface area contributed by atoms with Gasteiger partial charge in [0.1, 0.15) is 5.82 Å². The Morgan fingerprint density at radius 3 is 2.68 bits per heavy atom. The van der Waals surface area contributed by atoms with Crippen LogP contribution in [0, 0.1) is 17.3 Å². The largest absolute Gasteiger partial charge is 0.341 e. The Kier molecular flexibility index (Phi) is 5.05. The van der Waals surface area contributed by atoms with Crippen molar-refractivity contribution in [1.29, 1.82) is 0 Å². The van der Waals surface area contributed by atoms with Crippen LogP contribution in [0.3, 0.4) is 0 Å². The van der Waals surface area contributed by atoms with E-state index in [-0.39, 0.29) is 11.3 Å². The molecule has 0 aromatic carbocycles. The van der Waals surface area contributed by atoms with Crippen molar-refractivity contribution in [3.63, 3.8) is 0 Å². The minimum atomic E-state index is 0.104. The van der Waals surface area contributed by atoms with Gasteiger partial charge in [0.2, 0.25) is 5.91 Å². The quantitative estimate of drug-likeness (QED) is 0.789. The summed E-state index contributed by atoms with van der Waals surface area (Å²) < 4.78 is 2.07. The number of hydrogen-bond donors (Lipinski definition) is 0. The topological polar surface area (TPSA) is 41.4 Å². The van der Waals surface area contributed by atoms with Gasteiger partial charge in [-0.25, -0.2) is 4.98 Å². The van der Waals surface area contributed by atoms with Gasteiger partial charge in [-0.1, -0.05) is 25.5 Å². The number of carbonyl (C=O) groups is 1. The molecule has 0 spiro atoms. The Morgan fingerprint density at radius 1 is 1.28 bits per heavy atom. The Hall–Kier alpha value is -1.62. The SMILES string of the molecule is CC(C)=C[C@H]1[C@H](C(=O)N2CCCN(Cc3nccn3C)CC2)C1(C)C. The second kappa shape index (κ2) is 6.94. The highest BCUT2D eigenvalue weighted by atomic mass is 16.2. The fraction of sp³-hybridized carbons (Fsp3) is 0.700. The van der Waals surface area contributed by atoms with Gasteiger partial charge in [0.15, 0.2) is 0 Å². The molecule has 2 aliphatic rings. The van der Waals surface area contributed by atoms with Crippen molar-refractivity contribution in [2.45, 2.75) is 40.7 Å². The number of amides is 1. The summed E-state index contributed by atoms with van der Waals surface area (Å²) >= 11 is 0. The Labute approximate surface area is 151 Å². The highest BCUT2D eigenvalue weighted by Crippen LogP contribution is 2.60. The van der Waals surface area contributed by atoms with Crippen molar-refractivity contribution in [2.75, 3.05) is 26.2 Å². The van der Waals surface area contributed by atoms with Crippen molar-refractivity contribution >= 4 is 5.91 Å². The maximum Gasteiger partial charge on any atom is 0.226 e. The van der Waals surface area contributed by atoms with E-state index in [9.17, 15) is 4.79 Å². The molecule has 0 bridgehead atoms. The molecule has 1 aromatic heterocycles. The lowest BCUT2D eigenvalue weighted by Crippen LogP contribution is -2.37. The molecule has 138 valence electrons. The van der Waals surface area contributed by atoms with Gasteiger partial charge in [-0.05, 0) is 31.6 Å². The average molecular weight is 345 g/mol. The van der Waals surface area contributed by atoms with Crippen molar-refractivity contribution in [3.05, 3.63) is 29.9 Å². The molecule has 5 heteroatoms. The first-order chi connectivity index (χ1) is 11.8. The predicted molar refractivity (Wildman–Crippen MR) is 99.9 cm³/mol. The van der Waals surface area contributed by atoms with Crippen molar-refractivity contribution in [2.24, 2.45) is 24.3 Å². The van der Waals surface area contributed by atoms with Gasteiger partial charge in [0.25, 0.3) is 0 Å². The monoisotopic (exact) mass is 344 g/mol. The fourth-order valence-electron chi connectivity index (χ4n) is 4.11. The molecule has 0 radical (unpaired) electrons. The van der Waals surface area contributed by atoms with Gasteiger partial charge >= 0.3 is 0 Å². The predicted octanol–water partition coefficient (Wildman–Crippen LogP) is 2.69. The first-order valence-electron chi connectivity index (χ1n) is 9.43. The highest BCUT2D eigenvalue weighted by Gasteiger charge is 2.61. The number of carbonyl (C=O) groups excluding carboxylic acids is 1. The van der Waals surface area contributed by atoms with Crippen LogP contribution in [0.25, 0.3) is 0 Å². The summed E-state index contributed by atoms with van der Waals surface area (Å²) in [6.07, 6.45) is 7.16. The van der Waals surface area contributed by atoms with Crippen molar-refractivity contribution in [1.82, 2.24) is 19.4 Å². The molecule has 1 aromatic rings. The molecule has 1 aliphatic carbocycles. The van der Waals surface area contributed by atoms with Crippen LogP contribution in [0.2, 0.25) is 0 Å². The summed E-state index contributed by atoms with van der Waals surface area (Å²) in [6, 6.07) is 0. The number of rotatable bonds is 4. The smallest absolute Gasteiger partial charge is 0.226 e. The summed E-state index contributed by atoms with van der Waals surface area (Å²) in [4.78, 5) is 22.0. The zero-order valence-electron chi connectivity index (χ0n) is 16.3. The Bertz CT molecular complexity index is 656. The van der Waals surface area contributed by atoms with E-state index in [1.807, 2.05) is 19.4 Å². The van der Waals surface area contributed by atoms with E-state index < -0.39 is 0 Å². The molecular weight excluding hydrogens is 312 g/mol. The van der Waals surface area contributed by atoms with Crippen LogP contribution < -0.4 is 0 Å². The maximum absolute atomic E-state index is 13.1. The lowest BCUT2D eigenvalue weighted by Gasteiger charge is -2.22. The van der Waals surface area contributed by atoms with E-state index in [4.69, 9.17) is 0 Å². The second-order valence-corrected chi connectivity index (χ2v) is 8.48. The van der Waals surface area contributed by atoms with Crippen LogP contribution in [-0.2, 0) is 18.4 Å². The standard InChI is InChI=1S/C20H32N4O/c1-15(2)13-16-18(20(16,3)4)19(25)24-9-6-8-23(11-12-24)14-17-21-7-10-22(17)5/h7,10,13,16,18H,6,8-9,11-12,14H2,1-5H3/t16-,18+/m0/s1. The van der Waals surface area contributed by atoms with Gasteiger partial charge in [0, 0.05) is 45.6 Å². The first-order valence-corrected chi connectivity index (χ1v) is 9.43. The van der Waals surface area contributed by atoms with Crippen molar-refractivity contribution in [3.8, 4) is 0 Å². The highest BCUT2D eigenvalue weighted by molar-refractivity contribution is 5.83. The lowest BCUT2D eigenvalue weighted by molar-refractivity contribution is -0.133. The lowest BCUT2D eigenvalue weighted by atomic mass is 10.1. The fourth-order valence-corrected chi connectivity index (χ4v) is 4.11. The molecule has 2 heterocycles. The average Bonchev–Trinajstić information content (AvgIpc) is 2.96. The third-order valence-corrected chi connectivity index (χ3v) is 5.88. The van der Waals surface area contributed by atoms with Gasteiger partial charge in [-0.2, -0.15) is 0 Å². The minimum Gasteiger partial charge on any atom is -0.341 e. The summed E-state index contributed by atoms with van der Waals surface area (Å²) in [5.74, 6) is 2.00. The van der Waals surface area contributed by atoms with Gasteiger partial charge < -0.3 is 9.47 Å². The van der Waals surface area contributed by atoms with Crippen LogP contribution in [0.4, 0.5) is 0 Å². The third kappa shape index (κ3) is 3.81. The number of aromatic nitrogens is 2. The molecule has 2 atom stereocenters. The minimum absolute atomic E-state index is 0.104. The normalized spacial score (nSPS) is 26.2. The number of allylic oxidation sites excluding steroid dienone is 2. The summed E-state index contributed by atoms with van der Waals surface area (Å²) in [7, 11) is 2.04. The molecule has 1 saturated carbocycles. The van der Waals surface area contributed by atoms with Crippen LogP contribution in [0.5, 0.6) is 0 Å². The molecule has 1 aliphatic heterocycles. The summed E-state index contributed by atoms with van der Waals surface area (Å²) in [5.41, 5.74) is 1.42. The molecular formula is C20H32N4O. The molecule has 0 unspecified atom stereocenters. The molecule has 1 amide bonds. The number of hydrogen-bond acceptors (Lipinski definition) is 3. The second-order valence-electron chi connectivity index (χ2n) is 8.48. The molecule has 2 fully saturated rings. The molecule has 3 rings (SSSR count). The molecule has 1 saturated heterocycles. The molecule has 25 heavy (non-hydrogen) atoms. The van der Waals surface area contributed by atoms with E-state index in [0.29, 0.717) is 11.8 Å². The van der Waals surface area contributed by atoms with E-state index in [1.165, 1.54) is 5.57 Å². The van der Waals surface area contributed by atoms with Crippen LogP contribution in [0.1, 0.15) is 39.9 Å². The van der Waals surface area contributed by atoms with Gasteiger partial charge in [0.05, 0.1) is 12.5 Å². The first kappa shape index (κ1) is 18.2. The van der Waals surface area contributed by atoms with E-state index in [2.05, 4.69) is 53.1 Å². The molecule has 5 nitrogen and oxygen atoms in total. The maximum atomic E-state index is 13.1. The number of aryl methyl sites for hydroxylation is 1. The van der Waals surface area contributed by atoms with E-state index in [1.54, 1.807) is 0 Å². The van der Waals surface area contributed by atoms with Crippen LogP contribution >= 0.6 is 0 Å². The Balaban J connectivity index is 1.59. The van der Waals surface area contributed by atoms with Gasteiger partial charge in [-0.3, -0.25) is 9.69 Å². The van der Waals surface area contributed by atoms with Crippen LogP contribution in [0.15, 0.2) is 24.0 Å². The zero-order chi connectivity index (χ0) is 18.2. The third-order valence-electron chi connectivity index (χ3n) is 5.88. The zero-order valence-corrected chi connectivity index (χ0v) is 16.3. The van der Waals surface area contributed by atoms with Crippen molar-refractivity contribution < 1.29 is 4.79 Å². The summed E-state index contributed by atoms with van der Waals surface area (Å²) in [5, 5.41) is 0.